The Morgan fingerprint density at radius 3 is 2.24 bits per heavy atom. The van der Waals surface area contributed by atoms with Gasteiger partial charge in [0.1, 0.15) is 17.5 Å². The number of carboxylic acid groups (broad SMARTS) is 1. The van der Waals surface area contributed by atoms with Gasteiger partial charge in [0, 0.05) is 18.8 Å². The molecule has 0 amide bonds. The van der Waals surface area contributed by atoms with Crippen molar-refractivity contribution in [3.8, 4) is 5.75 Å². The molecule has 0 spiro atoms. The molecule has 0 bridgehead atoms. The smallest absolute Gasteiger partial charge is 0.338 e. The van der Waals surface area contributed by atoms with Crippen LogP contribution in [0.15, 0.2) is 72.5 Å². The Morgan fingerprint density at radius 1 is 1.03 bits per heavy atom. The summed E-state index contributed by atoms with van der Waals surface area (Å²) in [5.74, 6) is -2.74. The molecule has 1 fully saturated rings. The molecule has 4 atom stereocenters. The second-order valence-corrected chi connectivity index (χ2v) is 8.91. The van der Waals surface area contributed by atoms with Crippen LogP contribution in [0.1, 0.15) is 43.5 Å². The number of carbonyl (C=O) groups is 2. The second-order valence-electron chi connectivity index (χ2n) is 8.91. The molecule has 2 aromatic rings. The molecule has 176 valence electrons. The zero-order chi connectivity index (χ0) is 24.0. The van der Waals surface area contributed by atoms with Crippen LogP contribution in [0, 0.1) is 11.8 Å². The summed E-state index contributed by atoms with van der Waals surface area (Å²) >= 11 is 0. The number of hydrogen-bond acceptors (Lipinski definition) is 6. The minimum absolute atomic E-state index is 0.0446. The molecular formula is C26H30O7. The van der Waals surface area contributed by atoms with Gasteiger partial charge in [0.2, 0.25) is 0 Å². The predicted molar refractivity (Wildman–Crippen MR) is 122 cm³/mol. The molecule has 33 heavy (non-hydrogen) atoms. The van der Waals surface area contributed by atoms with Gasteiger partial charge >= 0.3 is 11.9 Å². The van der Waals surface area contributed by atoms with Gasteiger partial charge < -0.3 is 24.8 Å². The molecule has 0 aliphatic heterocycles. The normalized spacial score (nSPS) is 23.2. The molecule has 1 saturated carbocycles. The molecule has 3 rings (SSSR count). The summed E-state index contributed by atoms with van der Waals surface area (Å²) in [4.78, 5) is 24.0. The molecule has 1 aliphatic rings. The van der Waals surface area contributed by atoms with E-state index in [0.717, 1.165) is 0 Å². The minimum atomic E-state index is -1.10. The van der Waals surface area contributed by atoms with E-state index in [2.05, 4.69) is 0 Å². The first-order valence-corrected chi connectivity index (χ1v) is 11.0. The van der Waals surface area contributed by atoms with E-state index in [-0.39, 0.29) is 18.6 Å². The van der Waals surface area contributed by atoms with Crippen LogP contribution in [0.3, 0.4) is 0 Å². The summed E-state index contributed by atoms with van der Waals surface area (Å²) in [5, 5.41) is 30.8. The number of rotatable bonds is 9. The number of aliphatic hydroxyl groups is 2. The SMILES string of the molecule is CC(C)(CC=C(O)[C@@H]1[C@@H](CC(=O)O)[C@@H](O)C[C@@H]1OC(=O)c1ccccc1)Oc1ccccc1. The Bertz CT molecular complexity index is 969. The van der Waals surface area contributed by atoms with Crippen LogP contribution in [-0.4, -0.2) is 45.1 Å². The molecule has 0 saturated heterocycles. The second kappa shape index (κ2) is 10.5. The molecule has 0 aromatic heterocycles. The molecule has 0 heterocycles. The summed E-state index contributed by atoms with van der Waals surface area (Å²) in [6.45, 7) is 3.74. The molecule has 1 aliphatic carbocycles. The first kappa shape index (κ1) is 24.3. The highest BCUT2D eigenvalue weighted by Gasteiger charge is 2.47. The van der Waals surface area contributed by atoms with Gasteiger partial charge in [0.15, 0.2) is 0 Å². The number of esters is 1. The Balaban J connectivity index is 1.78. The topological polar surface area (TPSA) is 113 Å². The van der Waals surface area contributed by atoms with Gasteiger partial charge in [0.05, 0.1) is 29.8 Å². The monoisotopic (exact) mass is 454 g/mol. The fourth-order valence-corrected chi connectivity index (χ4v) is 4.19. The summed E-state index contributed by atoms with van der Waals surface area (Å²) in [5.41, 5.74) is -0.321. The van der Waals surface area contributed by atoms with Gasteiger partial charge in [-0.25, -0.2) is 4.79 Å². The third-order valence-electron chi connectivity index (χ3n) is 5.79. The van der Waals surface area contributed by atoms with Crippen LogP contribution in [0.4, 0.5) is 0 Å². The summed E-state index contributed by atoms with van der Waals surface area (Å²) in [7, 11) is 0. The Kier molecular flexibility index (Phi) is 7.76. The van der Waals surface area contributed by atoms with Crippen molar-refractivity contribution in [1.82, 2.24) is 0 Å². The lowest BCUT2D eigenvalue weighted by molar-refractivity contribution is -0.139. The van der Waals surface area contributed by atoms with E-state index >= 15 is 0 Å². The van der Waals surface area contributed by atoms with E-state index in [1.54, 1.807) is 36.4 Å². The number of aliphatic hydroxyl groups excluding tert-OH is 2. The lowest BCUT2D eigenvalue weighted by Crippen LogP contribution is -2.31. The zero-order valence-electron chi connectivity index (χ0n) is 18.8. The van der Waals surface area contributed by atoms with E-state index in [1.807, 2.05) is 44.2 Å². The molecule has 0 unspecified atom stereocenters. The number of aliphatic carboxylic acids is 1. The van der Waals surface area contributed by atoms with E-state index in [0.29, 0.717) is 17.7 Å². The maximum absolute atomic E-state index is 12.6. The maximum Gasteiger partial charge on any atom is 0.338 e. The van der Waals surface area contributed by atoms with E-state index in [1.165, 1.54) is 0 Å². The minimum Gasteiger partial charge on any atom is -0.512 e. The standard InChI is InChI=1S/C26H30O7/c1-26(2,33-18-11-7-4-8-12-18)14-13-20(27)24-19(15-23(29)30)21(28)16-22(24)32-25(31)17-9-5-3-6-10-17/h3-13,19,21-22,24,27-28H,14-16H2,1-2H3,(H,29,30)/t19-,21-,22-,24-/m0/s1. The van der Waals surface area contributed by atoms with E-state index < -0.39 is 41.6 Å². The van der Waals surface area contributed by atoms with Crippen molar-refractivity contribution >= 4 is 11.9 Å². The molecular weight excluding hydrogens is 424 g/mol. The fourth-order valence-electron chi connectivity index (χ4n) is 4.19. The summed E-state index contributed by atoms with van der Waals surface area (Å²) in [6.07, 6.45) is -0.311. The van der Waals surface area contributed by atoms with E-state index in [9.17, 15) is 24.9 Å². The molecule has 2 aromatic carbocycles. The Hall–Kier alpha value is -3.32. The number of benzene rings is 2. The highest BCUT2D eigenvalue weighted by atomic mass is 16.5. The molecule has 7 nitrogen and oxygen atoms in total. The number of carbonyl (C=O) groups excluding carboxylic acids is 1. The average molecular weight is 455 g/mol. The number of carboxylic acids is 1. The first-order valence-electron chi connectivity index (χ1n) is 11.0. The maximum atomic E-state index is 12.6. The third-order valence-corrected chi connectivity index (χ3v) is 5.79. The van der Waals surface area contributed by atoms with Crippen molar-refractivity contribution in [2.75, 3.05) is 0 Å². The lowest BCUT2D eigenvalue weighted by Gasteiger charge is -2.27. The van der Waals surface area contributed by atoms with Crippen molar-refractivity contribution in [1.29, 1.82) is 0 Å². The van der Waals surface area contributed by atoms with Crippen molar-refractivity contribution < 1.29 is 34.4 Å². The highest BCUT2D eigenvalue weighted by Crippen LogP contribution is 2.41. The van der Waals surface area contributed by atoms with Crippen molar-refractivity contribution in [3.63, 3.8) is 0 Å². The van der Waals surface area contributed by atoms with Gasteiger partial charge in [0.25, 0.3) is 0 Å². The molecule has 3 N–H and O–H groups in total. The van der Waals surface area contributed by atoms with Crippen molar-refractivity contribution in [3.05, 3.63) is 78.1 Å². The zero-order valence-corrected chi connectivity index (χ0v) is 18.8. The van der Waals surface area contributed by atoms with Gasteiger partial charge in [-0.05, 0) is 44.2 Å². The van der Waals surface area contributed by atoms with Gasteiger partial charge in [-0.2, -0.15) is 0 Å². The molecule has 0 radical (unpaired) electrons. The average Bonchev–Trinajstić information content (AvgIpc) is 3.07. The van der Waals surface area contributed by atoms with Gasteiger partial charge in [-0.1, -0.05) is 36.4 Å². The highest BCUT2D eigenvalue weighted by molar-refractivity contribution is 5.89. The lowest BCUT2D eigenvalue weighted by atomic mass is 9.88. The predicted octanol–water partition coefficient (Wildman–Crippen LogP) is 4.37. The number of para-hydroxylation sites is 1. The van der Waals surface area contributed by atoms with Crippen LogP contribution in [0.2, 0.25) is 0 Å². The van der Waals surface area contributed by atoms with Crippen LogP contribution in [-0.2, 0) is 9.53 Å². The first-order chi connectivity index (χ1) is 15.7. The Morgan fingerprint density at radius 2 is 1.64 bits per heavy atom. The largest absolute Gasteiger partial charge is 0.512 e. The number of hydrogen-bond donors (Lipinski definition) is 3. The van der Waals surface area contributed by atoms with Crippen LogP contribution in [0.25, 0.3) is 0 Å². The molecule has 7 heteroatoms. The van der Waals surface area contributed by atoms with Crippen LogP contribution in [0.5, 0.6) is 5.75 Å². The number of ether oxygens (including phenoxy) is 2. The van der Waals surface area contributed by atoms with Gasteiger partial charge in [-0.3, -0.25) is 4.79 Å². The van der Waals surface area contributed by atoms with Crippen molar-refractivity contribution in [2.24, 2.45) is 11.8 Å². The van der Waals surface area contributed by atoms with Crippen LogP contribution < -0.4 is 4.74 Å². The summed E-state index contributed by atoms with van der Waals surface area (Å²) < 4.78 is 11.6. The fraction of sp³-hybridized carbons (Fsp3) is 0.385. The van der Waals surface area contributed by atoms with Gasteiger partial charge in [-0.15, -0.1) is 0 Å². The third kappa shape index (κ3) is 6.58. The van der Waals surface area contributed by atoms with Crippen LogP contribution >= 0.6 is 0 Å². The van der Waals surface area contributed by atoms with E-state index in [4.69, 9.17) is 9.47 Å². The quantitative estimate of drug-likeness (QED) is 0.381. The summed E-state index contributed by atoms with van der Waals surface area (Å²) in [6, 6.07) is 17.7. The Labute approximate surface area is 193 Å². The van der Waals surface area contributed by atoms with Crippen molar-refractivity contribution in [2.45, 2.75) is 50.9 Å².